The van der Waals surface area contributed by atoms with Crippen molar-refractivity contribution in [1.82, 2.24) is 0 Å². The molecule has 3 nitrogen and oxygen atoms in total. The summed E-state index contributed by atoms with van der Waals surface area (Å²) in [6.45, 7) is 5.79. The fraction of sp³-hybridized carbons (Fsp3) is 0.462. The smallest absolute Gasteiger partial charge is 0.101 e. The molecule has 0 aromatic heterocycles. The van der Waals surface area contributed by atoms with E-state index in [2.05, 4.69) is 40.7 Å². The Kier molecular flexibility index (Phi) is 3.70. The molecule has 2 rings (SSSR count). The normalized spacial score (nSPS) is 24.5. The van der Waals surface area contributed by atoms with Crippen LogP contribution in [0.2, 0.25) is 0 Å². The topological polar surface area (TPSA) is 36.3 Å². The van der Waals surface area contributed by atoms with Crippen molar-refractivity contribution in [2.45, 2.75) is 26.1 Å². The molecule has 0 N–H and O–H groups in total. The van der Waals surface area contributed by atoms with E-state index in [4.69, 9.17) is 4.74 Å². The second kappa shape index (κ2) is 5.07. The standard InChI is InChI=1S/C13H15BrN2O/c1-9-7-16(8-10(2)17-9)13-4-3-12(14)5-11(13)6-15/h3-5,9-10H,7-8H2,1-2H3. The van der Waals surface area contributed by atoms with Gasteiger partial charge in [-0.05, 0) is 32.0 Å². The number of hydrogen-bond donors (Lipinski definition) is 0. The molecule has 0 saturated carbocycles. The molecule has 2 unspecified atom stereocenters. The third-order valence-corrected chi connectivity index (χ3v) is 3.33. The van der Waals surface area contributed by atoms with E-state index in [0.29, 0.717) is 5.56 Å². The van der Waals surface area contributed by atoms with Crippen molar-refractivity contribution in [2.75, 3.05) is 18.0 Å². The lowest BCUT2D eigenvalue weighted by molar-refractivity contribution is -0.00522. The summed E-state index contributed by atoms with van der Waals surface area (Å²) in [6.07, 6.45) is 0.405. The number of halogens is 1. The first-order chi connectivity index (χ1) is 8.10. The quantitative estimate of drug-likeness (QED) is 0.799. The van der Waals surface area contributed by atoms with Crippen LogP contribution in [0.3, 0.4) is 0 Å². The van der Waals surface area contributed by atoms with Gasteiger partial charge in [-0.25, -0.2) is 0 Å². The maximum absolute atomic E-state index is 9.18. The lowest BCUT2D eigenvalue weighted by atomic mass is 10.1. The van der Waals surface area contributed by atoms with Gasteiger partial charge in [0.15, 0.2) is 0 Å². The van der Waals surface area contributed by atoms with Crippen molar-refractivity contribution in [1.29, 1.82) is 5.26 Å². The van der Waals surface area contributed by atoms with Crippen LogP contribution in [0.4, 0.5) is 5.69 Å². The number of anilines is 1. The van der Waals surface area contributed by atoms with Gasteiger partial charge in [0.05, 0.1) is 23.5 Å². The summed E-state index contributed by atoms with van der Waals surface area (Å²) < 4.78 is 6.64. The minimum atomic E-state index is 0.203. The predicted molar refractivity (Wildman–Crippen MR) is 71.1 cm³/mol. The van der Waals surface area contributed by atoms with Crippen molar-refractivity contribution >= 4 is 21.6 Å². The number of rotatable bonds is 1. The van der Waals surface area contributed by atoms with Crippen LogP contribution >= 0.6 is 15.9 Å². The Bertz CT molecular complexity index is 445. The first-order valence-electron chi connectivity index (χ1n) is 5.70. The summed E-state index contributed by atoms with van der Waals surface area (Å²) in [5.74, 6) is 0. The second-order valence-electron chi connectivity index (χ2n) is 4.44. The molecule has 1 aromatic carbocycles. The summed E-state index contributed by atoms with van der Waals surface area (Å²) in [6, 6.07) is 8.08. The summed E-state index contributed by atoms with van der Waals surface area (Å²) in [5, 5.41) is 9.18. The average molecular weight is 295 g/mol. The molecule has 1 fully saturated rings. The van der Waals surface area contributed by atoms with E-state index in [9.17, 15) is 5.26 Å². The maximum Gasteiger partial charge on any atom is 0.101 e. The molecule has 0 radical (unpaired) electrons. The Morgan fingerprint density at radius 3 is 2.59 bits per heavy atom. The monoisotopic (exact) mass is 294 g/mol. The Morgan fingerprint density at radius 2 is 2.00 bits per heavy atom. The van der Waals surface area contributed by atoms with Crippen LogP contribution < -0.4 is 4.90 Å². The van der Waals surface area contributed by atoms with E-state index in [0.717, 1.165) is 23.2 Å². The second-order valence-corrected chi connectivity index (χ2v) is 5.35. The summed E-state index contributed by atoms with van der Waals surface area (Å²) >= 11 is 3.39. The van der Waals surface area contributed by atoms with Gasteiger partial charge in [-0.1, -0.05) is 15.9 Å². The first kappa shape index (κ1) is 12.4. The molecule has 2 atom stereocenters. The van der Waals surface area contributed by atoms with Gasteiger partial charge in [-0.3, -0.25) is 0 Å². The highest BCUT2D eigenvalue weighted by Crippen LogP contribution is 2.26. The molecule has 0 aliphatic carbocycles. The SMILES string of the molecule is CC1CN(c2ccc(Br)cc2C#N)CC(C)O1. The Hall–Kier alpha value is -1.05. The van der Waals surface area contributed by atoms with Gasteiger partial charge in [0, 0.05) is 17.6 Å². The number of nitriles is 1. The molecule has 0 amide bonds. The van der Waals surface area contributed by atoms with Gasteiger partial charge in [0.1, 0.15) is 6.07 Å². The predicted octanol–water partition coefficient (Wildman–Crippen LogP) is 2.93. The van der Waals surface area contributed by atoms with Crippen LogP contribution in [0.25, 0.3) is 0 Å². The molecule has 1 aliphatic heterocycles. The zero-order valence-corrected chi connectivity index (χ0v) is 11.6. The van der Waals surface area contributed by atoms with Gasteiger partial charge in [-0.15, -0.1) is 0 Å². The molecule has 1 saturated heterocycles. The van der Waals surface area contributed by atoms with Crippen LogP contribution in [0.15, 0.2) is 22.7 Å². The largest absolute Gasteiger partial charge is 0.372 e. The number of nitrogens with zero attached hydrogens (tertiary/aromatic N) is 2. The first-order valence-corrected chi connectivity index (χ1v) is 6.49. The Labute approximate surface area is 110 Å². The van der Waals surface area contributed by atoms with Crippen LogP contribution in [0, 0.1) is 11.3 Å². The van der Waals surface area contributed by atoms with Gasteiger partial charge < -0.3 is 9.64 Å². The molecular formula is C13H15BrN2O. The van der Waals surface area contributed by atoms with E-state index in [1.807, 2.05) is 18.2 Å². The molecule has 90 valence electrons. The van der Waals surface area contributed by atoms with Crippen LogP contribution in [0.5, 0.6) is 0 Å². The van der Waals surface area contributed by atoms with E-state index < -0.39 is 0 Å². The van der Waals surface area contributed by atoms with Crippen LogP contribution in [-0.4, -0.2) is 25.3 Å². The summed E-state index contributed by atoms with van der Waals surface area (Å²) in [4.78, 5) is 2.23. The highest BCUT2D eigenvalue weighted by molar-refractivity contribution is 9.10. The highest BCUT2D eigenvalue weighted by atomic mass is 79.9. The lowest BCUT2D eigenvalue weighted by Crippen LogP contribution is -2.45. The zero-order chi connectivity index (χ0) is 12.4. The minimum Gasteiger partial charge on any atom is -0.372 e. The van der Waals surface area contributed by atoms with E-state index in [1.165, 1.54) is 0 Å². The van der Waals surface area contributed by atoms with Gasteiger partial charge in [0.25, 0.3) is 0 Å². The van der Waals surface area contributed by atoms with Crippen LogP contribution in [-0.2, 0) is 4.74 Å². The molecule has 4 heteroatoms. The van der Waals surface area contributed by atoms with Gasteiger partial charge in [0.2, 0.25) is 0 Å². The van der Waals surface area contributed by atoms with Crippen molar-refractivity contribution in [3.05, 3.63) is 28.2 Å². The van der Waals surface area contributed by atoms with Gasteiger partial charge in [-0.2, -0.15) is 5.26 Å². The fourth-order valence-corrected chi connectivity index (χ4v) is 2.61. The summed E-state index contributed by atoms with van der Waals surface area (Å²) in [7, 11) is 0. The maximum atomic E-state index is 9.18. The molecular weight excluding hydrogens is 280 g/mol. The third-order valence-electron chi connectivity index (χ3n) is 2.84. The zero-order valence-electron chi connectivity index (χ0n) is 9.98. The molecule has 1 aliphatic rings. The van der Waals surface area contributed by atoms with Crippen molar-refractivity contribution in [3.63, 3.8) is 0 Å². The molecule has 0 spiro atoms. The van der Waals surface area contributed by atoms with Gasteiger partial charge >= 0.3 is 0 Å². The lowest BCUT2D eigenvalue weighted by Gasteiger charge is -2.37. The Morgan fingerprint density at radius 1 is 1.35 bits per heavy atom. The highest BCUT2D eigenvalue weighted by Gasteiger charge is 2.23. The van der Waals surface area contributed by atoms with Crippen molar-refractivity contribution in [2.24, 2.45) is 0 Å². The number of benzene rings is 1. The van der Waals surface area contributed by atoms with Crippen molar-refractivity contribution < 1.29 is 4.74 Å². The summed E-state index contributed by atoms with van der Waals surface area (Å²) in [5.41, 5.74) is 1.71. The molecule has 0 bridgehead atoms. The molecule has 1 aromatic rings. The van der Waals surface area contributed by atoms with Crippen LogP contribution in [0.1, 0.15) is 19.4 Å². The van der Waals surface area contributed by atoms with E-state index in [1.54, 1.807) is 0 Å². The van der Waals surface area contributed by atoms with E-state index >= 15 is 0 Å². The molecule has 1 heterocycles. The average Bonchev–Trinajstić information content (AvgIpc) is 2.27. The number of morpholine rings is 1. The van der Waals surface area contributed by atoms with Crippen molar-refractivity contribution in [3.8, 4) is 6.07 Å². The third kappa shape index (κ3) is 2.80. The minimum absolute atomic E-state index is 0.203. The fourth-order valence-electron chi connectivity index (χ4n) is 2.25. The number of ether oxygens (including phenoxy) is 1. The van der Waals surface area contributed by atoms with E-state index in [-0.39, 0.29) is 12.2 Å². The Balaban J connectivity index is 2.30. The number of hydrogen-bond acceptors (Lipinski definition) is 3. The molecule has 17 heavy (non-hydrogen) atoms.